The van der Waals surface area contributed by atoms with Gasteiger partial charge in [0, 0.05) is 12.7 Å². The second-order valence-electron chi connectivity index (χ2n) is 9.51. The fourth-order valence-electron chi connectivity index (χ4n) is 5.17. The van der Waals surface area contributed by atoms with Gasteiger partial charge in [0.05, 0.1) is 41.7 Å². The van der Waals surface area contributed by atoms with Crippen molar-refractivity contribution in [2.75, 3.05) is 13.1 Å². The van der Waals surface area contributed by atoms with Crippen molar-refractivity contribution in [2.45, 2.75) is 24.8 Å². The van der Waals surface area contributed by atoms with Gasteiger partial charge in [-0.3, -0.25) is 19.5 Å². The van der Waals surface area contributed by atoms with Gasteiger partial charge in [-0.15, -0.1) is 6.58 Å². The highest BCUT2D eigenvalue weighted by Gasteiger charge is 2.49. The zero-order chi connectivity index (χ0) is 29.1. The quantitative estimate of drug-likeness (QED) is 0.396. The van der Waals surface area contributed by atoms with E-state index < -0.39 is 41.7 Å². The summed E-state index contributed by atoms with van der Waals surface area (Å²) in [6.45, 7) is 3.61. The predicted molar refractivity (Wildman–Crippen MR) is 144 cm³/mol. The first-order valence-electron chi connectivity index (χ1n) is 12.8. The molecular weight excluding hydrogens is 535 g/mol. The van der Waals surface area contributed by atoms with Crippen molar-refractivity contribution in [3.8, 4) is 0 Å². The molecule has 2 aromatic carbocycles. The molecule has 0 saturated carbocycles. The van der Waals surface area contributed by atoms with E-state index in [2.05, 4.69) is 22.2 Å². The summed E-state index contributed by atoms with van der Waals surface area (Å²) < 4.78 is 42.0. The lowest BCUT2D eigenvalue weighted by Crippen LogP contribution is -2.47. The third kappa shape index (κ3) is 5.43. The molecule has 0 spiro atoms. The second-order valence-corrected chi connectivity index (χ2v) is 9.51. The van der Waals surface area contributed by atoms with Crippen LogP contribution in [0.3, 0.4) is 0 Å². The number of urea groups is 1. The summed E-state index contributed by atoms with van der Waals surface area (Å²) in [7, 11) is 0. The number of pyridine rings is 1. The Morgan fingerprint density at radius 3 is 2.46 bits per heavy atom. The van der Waals surface area contributed by atoms with E-state index in [9.17, 15) is 27.6 Å². The Hall–Kier alpha value is -4.93. The summed E-state index contributed by atoms with van der Waals surface area (Å²) in [6.07, 6.45) is -1.68. The molecule has 0 fully saturated rings. The van der Waals surface area contributed by atoms with Crippen LogP contribution in [0.1, 0.15) is 34.5 Å². The number of carbonyl (C=O) groups is 3. The van der Waals surface area contributed by atoms with Gasteiger partial charge in [0.15, 0.2) is 0 Å². The molecule has 2 aliphatic rings. The van der Waals surface area contributed by atoms with Crippen LogP contribution in [0.4, 0.5) is 18.0 Å². The molecule has 11 heteroatoms. The zero-order valence-electron chi connectivity index (χ0n) is 21.8. The highest BCUT2D eigenvalue weighted by Crippen LogP contribution is 2.43. The lowest BCUT2D eigenvalue weighted by Gasteiger charge is -2.33. The van der Waals surface area contributed by atoms with Crippen molar-refractivity contribution in [3.63, 3.8) is 0 Å². The maximum Gasteiger partial charge on any atom is 0.416 e. The summed E-state index contributed by atoms with van der Waals surface area (Å²) in [6, 6.07) is 15.5. The Morgan fingerprint density at radius 1 is 1.07 bits per heavy atom. The van der Waals surface area contributed by atoms with E-state index in [-0.39, 0.29) is 36.5 Å². The molecule has 3 aromatic rings. The minimum absolute atomic E-state index is 0.0152. The van der Waals surface area contributed by atoms with Crippen LogP contribution in [0.5, 0.6) is 0 Å². The van der Waals surface area contributed by atoms with Crippen molar-refractivity contribution < 1.29 is 27.6 Å². The van der Waals surface area contributed by atoms with E-state index in [4.69, 9.17) is 0 Å². The largest absolute Gasteiger partial charge is 0.416 e. The molecular formula is C30H26F3N5O3. The van der Waals surface area contributed by atoms with Crippen molar-refractivity contribution in [1.29, 1.82) is 0 Å². The van der Waals surface area contributed by atoms with Crippen LogP contribution in [0, 0.1) is 0 Å². The third-order valence-electron chi connectivity index (χ3n) is 6.98. The summed E-state index contributed by atoms with van der Waals surface area (Å²) >= 11 is 0. The number of nitrogens with zero attached hydrogens (tertiary/aromatic N) is 3. The maximum absolute atomic E-state index is 14.1. The van der Waals surface area contributed by atoms with Crippen LogP contribution < -0.4 is 10.6 Å². The molecule has 1 aromatic heterocycles. The molecule has 0 aliphatic carbocycles. The summed E-state index contributed by atoms with van der Waals surface area (Å²) in [5, 5.41) is 5.40. The minimum Gasteiger partial charge on any atom is -0.348 e. The van der Waals surface area contributed by atoms with Gasteiger partial charge in [0.1, 0.15) is 6.04 Å². The fourth-order valence-corrected chi connectivity index (χ4v) is 5.17. The van der Waals surface area contributed by atoms with Crippen LogP contribution in [0.25, 0.3) is 0 Å². The Morgan fingerprint density at radius 2 is 1.78 bits per heavy atom. The Labute approximate surface area is 234 Å². The van der Waals surface area contributed by atoms with Crippen LogP contribution in [-0.2, 0) is 22.3 Å². The van der Waals surface area contributed by atoms with E-state index in [0.29, 0.717) is 11.3 Å². The SMILES string of the molecule is C=CCN1C(=O)NC(c2ccccc2C(F)(F)F)C2=C1CN(C(C(=O)NCc1ccccn1)c1ccccc1)C2=O. The molecule has 2 unspecified atom stereocenters. The monoisotopic (exact) mass is 561 g/mol. The number of nitrogens with one attached hydrogen (secondary N) is 2. The van der Waals surface area contributed by atoms with Crippen molar-refractivity contribution >= 4 is 17.8 Å². The van der Waals surface area contributed by atoms with Crippen LogP contribution >= 0.6 is 0 Å². The lowest BCUT2D eigenvalue weighted by molar-refractivity contribution is -0.138. The van der Waals surface area contributed by atoms with E-state index in [1.54, 1.807) is 54.7 Å². The zero-order valence-corrected chi connectivity index (χ0v) is 21.8. The molecule has 210 valence electrons. The molecule has 2 atom stereocenters. The molecule has 4 amide bonds. The lowest BCUT2D eigenvalue weighted by atomic mass is 9.91. The standard InChI is InChI=1S/C30H26F3N5O3/c1-2-16-37-23-18-38(26(19-10-4-3-5-11-19)27(39)35-17-20-12-8-9-15-34-20)28(40)24(23)25(36-29(37)41)21-13-6-7-14-22(21)30(31,32)33/h2-15,25-26H,1,16-18H2,(H,35,39)(H,36,41). The minimum atomic E-state index is -4.72. The second kappa shape index (κ2) is 11.3. The van der Waals surface area contributed by atoms with Gasteiger partial charge in [-0.25, -0.2) is 4.79 Å². The molecule has 3 heterocycles. The number of hydrogen-bond acceptors (Lipinski definition) is 4. The third-order valence-corrected chi connectivity index (χ3v) is 6.98. The average Bonchev–Trinajstić information content (AvgIpc) is 3.30. The average molecular weight is 562 g/mol. The van der Waals surface area contributed by atoms with Gasteiger partial charge in [-0.2, -0.15) is 13.2 Å². The normalized spacial score (nSPS) is 17.7. The first-order valence-corrected chi connectivity index (χ1v) is 12.8. The number of rotatable bonds is 8. The van der Waals surface area contributed by atoms with E-state index in [1.165, 1.54) is 34.1 Å². The van der Waals surface area contributed by atoms with Crippen molar-refractivity contribution in [2.24, 2.45) is 0 Å². The van der Waals surface area contributed by atoms with Crippen LogP contribution in [-0.4, -0.2) is 45.7 Å². The molecule has 41 heavy (non-hydrogen) atoms. The van der Waals surface area contributed by atoms with E-state index in [1.807, 2.05) is 0 Å². The maximum atomic E-state index is 14.1. The van der Waals surface area contributed by atoms with Gasteiger partial charge >= 0.3 is 12.2 Å². The number of hydrogen-bond donors (Lipinski definition) is 2. The first kappa shape index (κ1) is 27.6. The van der Waals surface area contributed by atoms with Gasteiger partial charge in [0.2, 0.25) is 5.91 Å². The topological polar surface area (TPSA) is 94.6 Å². The summed E-state index contributed by atoms with van der Waals surface area (Å²) in [5.41, 5.74) is 0.0776. The number of amides is 4. The molecule has 0 radical (unpaired) electrons. The summed E-state index contributed by atoms with van der Waals surface area (Å²) in [4.78, 5) is 47.7. The molecule has 2 N–H and O–H groups in total. The summed E-state index contributed by atoms with van der Waals surface area (Å²) in [5.74, 6) is -1.16. The molecule has 0 saturated heterocycles. The fraction of sp³-hybridized carbons (Fsp3) is 0.200. The smallest absolute Gasteiger partial charge is 0.348 e. The van der Waals surface area contributed by atoms with Crippen molar-refractivity contribution in [3.05, 3.63) is 125 Å². The van der Waals surface area contributed by atoms with E-state index in [0.717, 1.165) is 6.07 Å². The number of alkyl halides is 3. The highest BCUT2D eigenvalue weighted by atomic mass is 19.4. The van der Waals surface area contributed by atoms with Crippen LogP contribution in [0.2, 0.25) is 0 Å². The first-order chi connectivity index (χ1) is 19.7. The highest BCUT2D eigenvalue weighted by molar-refractivity contribution is 6.04. The number of benzene rings is 2. The van der Waals surface area contributed by atoms with Gasteiger partial charge in [-0.05, 0) is 29.3 Å². The number of carbonyl (C=O) groups excluding carboxylic acids is 3. The Kier molecular flexibility index (Phi) is 7.60. The number of halogens is 3. The molecule has 2 aliphatic heterocycles. The molecule has 5 rings (SSSR count). The Bertz CT molecular complexity index is 1510. The number of aromatic nitrogens is 1. The van der Waals surface area contributed by atoms with Gasteiger partial charge in [0.25, 0.3) is 5.91 Å². The van der Waals surface area contributed by atoms with Gasteiger partial charge < -0.3 is 15.5 Å². The molecule has 0 bridgehead atoms. The van der Waals surface area contributed by atoms with Crippen molar-refractivity contribution in [1.82, 2.24) is 25.4 Å². The predicted octanol–water partition coefficient (Wildman–Crippen LogP) is 4.51. The van der Waals surface area contributed by atoms with E-state index >= 15 is 0 Å². The van der Waals surface area contributed by atoms with Crippen LogP contribution in [0.15, 0.2) is 103 Å². The molecule has 8 nitrogen and oxygen atoms in total. The Balaban J connectivity index is 1.56. The van der Waals surface area contributed by atoms with Gasteiger partial charge in [-0.1, -0.05) is 60.7 Å².